The molecule has 0 aliphatic heterocycles. The number of hydrogen-bond donors (Lipinski definition) is 1. The fourth-order valence-corrected chi connectivity index (χ4v) is 4.14. The molecular formula is C26H32O4. The van der Waals surface area contributed by atoms with Crippen LogP contribution < -0.4 is 4.74 Å². The number of benzene rings is 2. The largest absolute Gasteiger partial charge is 0.494 e. The molecule has 2 aromatic carbocycles. The first kappa shape index (κ1) is 22.3. The second-order valence-electron chi connectivity index (χ2n) is 7.93. The molecule has 0 radical (unpaired) electrons. The second kappa shape index (κ2) is 11.1. The highest BCUT2D eigenvalue weighted by molar-refractivity contribution is 6.00. The van der Waals surface area contributed by atoms with Gasteiger partial charge >= 0.3 is 0 Å². The maximum absolute atomic E-state index is 12.7. The first-order valence-corrected chi connectivity index (χ1v) is 10.8. The Balaban J connectivity index is 1.59. The topological polar surface area (TPSA) is 55.8 Å². The molecule has 3 rings (SSSR count). The molecule has 2 aromatic rings. The van der Waals surface area contributed by atoms with Crippen LogP contribution in [0.1, 0.15) is 49.1 Å². The van der Waals surface area contributed by atoms with Crippen LogP contribution in [-0.4, -0.2) is 36.8 Å². The summed E-state index contributed by atoms with van der Waals surface area (Å²) < 4.78 is 10.9. The summed E-state index contributed by atoms with van der Waals surface area (Å²) in [6.07, 6.45) is 8.24. The number of ketones is 1. The molecule has 1 aliphatic rings. The summed E-state index contributed by atoms with van der Waals surface area (Å²) >= 11 is 0. The highest BCUT2D eigenvalue weighted by atomic mass is 16.5. The van der Waals surface area contributed by atoms with Crippen molar-refractivity contribution in [2.45, 2.75) is 50.0 Å². The van der Waals surface area contributed by atoms with E-state index in [4.69, 9.17) is 9.47 Å². The van der Waals surface area contributed by atoms with Crippen molar-refractivity contribution in [1.82, 2.24) is 0 Å². The van der Waals surface area contributed by atoms with E-state index < -0.39 is 11.5 Å². The monoisotopic (exact) mass is 408 g/mol. The molecule has 0 heterocycles. The van der Waals surface area contributed by atoms with Gasteiger partial charge in [0.1, 0.15) is 5.75 Å². The molecule has 1 aliphatic carbocycles. The number of rotatable bonds is 12. The van der Waals surface area contributed by atoms with Crippen LogP contribution in [0.25, 0.3) is 0 Å². The number of methoxy groups -OCH3 is 1. The first-order valence-electron chi connectivity index (χ1n) is 10.8. The molecule has 0 bridgehead atoms. The number of para-hydroxylation sites is 1. The summed E-state index contributed by atoms with van der Waals surface area (Å²) in [6, 6.07) is 17.7. The van der Waals surface area contributed by atoms with E-state index in [2.05, 4.69) is 6.07 Å². The Morgan fingerprint density at radius 2 is 1.67 bits per heavy atom. The number of unbranched alkanes of at least 4 members (excludes halogenated alkanes) is 2. The van der Waals surface area contributed by atoms with Gasteiger partial charge in [-0.25, -0.2) is 0 Å². The van der Waals surface area contributed by atoms with E-state index in [1.807, 2.05) is 48.5 Å². The van der Waals surface area contributed by atoms with Crippen molar-refractivity contribution in [3.63, 3.8) is 0 Å². The van der Waals surface area contributed by atoms with Gasteiger partial charge < -0.3 is 14.6 Å². The van der Waals surface area contributed by atoms with Gasteiger partial charge in [0, 0.05) is 13.7 Å². The quantitative estimate of drug-likeness (QED) is 0.510. The lowest BCUT2D eigenvalue weighted by atomic mass is 9.78. The van der Waals surface area contributed by atoms with E-state index in [0.29, 0.717) is 13.0 Å². The molecule has 4 heteroatoms. The summed E-state index contributed by atoms with van der Waals surface area (Å²) in [6.45, 7) is 1.33. The Kier molecular flexibility index (Phi) is 8.23. The van der Waals surface area contributed by atoms with Crippen molar-refractivity contribution < 1.29 is 19.4 Å². The van der Waals surface area contributed by atoms with Gasteiger partial charge in [-0.05, 0) is 73.9 Å². The standard InChI is InChI=1S/C26H32O4/c1-29-19-9-7-12-21-11-5-6-15-23(21)25-24(27)16-18-26(25,28)17-8-10-20-30-22-13-3-2-4-14-22/h2-6,11,13-16,18,25,28H,7-10,12,17,19-20H2,1H3/t25-,26+/m0/s1. The normalized spacial score (nSPS) is 20.6. The molecule has 0 saturated heterocycles. The lowest BCUT2D eigenvalue weighted by Crippen LogP contribution is -2.34. The molecule has 0 spiro atoms. The van der Waals surface area contributed by atoms with Gasteiger partial charge in [0.15, 0.2) is 5.78 Å². The lowest BCUT2D eigenvalue weighted by Gasteiger charge is -2.30. The number of aliphatic hydroxyl groups is 1. The van der Waals surface area contributed by atoms with Crippen LogP contribution in [0.5, 0.6) is 5.75 Å². The average Bonchev–Trinajstić information content (AvgIpc) is 3.06. The van der Waals surface area contributed by atoms with Gasteiger partial charge in [0.2, 0.25) is 0 Å². The zero-order chi connectivity index (χ0) is 21.2. The summed E-state index contributed by atoms with van der Waals surface area (Å²) in [5.74, 6) is 0.320. The van der Waals surface area contributed by atoms with Gasteiger partial charge in [-0.15, -0.1) is 0 Å². The molecule has 0 aromatic heterocycles. The van der Waals surface area contributed by atoms with E-state index in [9.17, 15) is 9.90 Å². The van der Waals surface area contributed by atoms with Gasteiger partial charge in [-0.3, -0.25) is 4.79 Å². The Morgan fingerprint density at radius 3 is 2.47 bits per heavy atom. The zero-order valence-electron chi connectivity index (χ0n) is 17.8. The molecule has 0 saturated carbocycles. The Bertz CT molecular complexity index is 830. The van der Waals surface area contributed by atoms with Gasteiger partial charge in [-0.2, -0.15) is 0 Å². The fourth-order valence-electron chi connectivity index (χ4n) is 4.14. The molecule has 4 nitrogen and oxygen atoms in total. The van der Waals surface area contributed by atoms with Crippen LogP contribution in [0.3, 0.4) is 0 Å². The third-order valence-electron chi connectivity index (χ3n) is 5.71. The minimum atomic E-state index is -1.13. The van der Waals surface area contributed by atoms with E-state index in [-0.39, 0.29) is 5.78 Å². The number of allylic oxidation sites excluding steroid dienone is 1. The smallest absolute Gasteiger partial charge is 0.166 e. The molecule has 0 amide bonds. The molecule has 30 heavy (non-hydrogen) atoms. The van der Waals surface area contributed by atoms with Crippen molar-refractivity contribution in [2.24, 2.45) is 0 Å². The van der Waals surface area contributed by atoms with E-state index in [1.54, 1.807) is 19.3 Å². The van der Waals surface area contributed by atoms with Gasteiger partial charge in [0.05, 0.1) is 18.1 Å². The summed E-state index contributed by atoms with van der Waals surface area (Å²) in [4.78, 5) is 12.7. The summed E-state index contributed by atoms with van der Waals surface area (Å²) in [7, 11) is 1.71. The molecule has 160 valence electrons. The third-order valence-corrected chi connectivity index (χ3v) is 5.71. The van der Waals surface area contributed by atoms with E-state index in [0.717, 1.165) is 55.6 Å². The molecule has 2 atom stereocenters. The number of aryl methyl sites for hydroxylation is 1. The predicted octanol–water partition coefficient (Wildman–Crippen LogP) is 4.86. The average molecular weight is 409 g/mol. The summed E-state index contributed by atoms with van der Waals surface area (Å²) in [5, 5.41) is 11.4. The number of carbonyl (C=O) groups is 1. The van der Waals surface area contributed by atoms with Crippen LogP contribution in [-0.2, 0) is 16.0 Å². The van der Waals surface area contributed by atoms with Crippen LogP contribution in [0, 0.1) is 0 Å². The molecule has 0 unspecified atom stereocenters. The molecule has 1 N–H and O–H groups in total. The molecule has 0 fully saturated rings. The maximum atomic E-state index is 12.7. The van der Waals surface area contributed by atoms with Crippen LogP contribution in [0.15, 0.2) is 66.7 Å². The van der Waals surface area contributed by atoms with Crippen LogP contribution in [0.4, 0.5) is 0 Å². The predicted molar refractivity (Wildman–Crippen MR) is 119 cm³/mol. The number of carbonyl (C=O) groups excluding carboxylic acids is 1. The maximum Gasteiger partial charge on any atom is 0.166 e. The van der Waals surface area contributed by atoms with E-state index >= 15 is 0 Å². The second-order valence-corrected chi connectivity index (χ2v) is 7.93. The molecular weight excluding hydrogens is 376 g/mol. The summed E-state index contributed by atoms with van der Waals surface area (Å²) in [5.41, 5.74) is 0.960. The Labute approximate surface area is 179 Å². The van der Waals surface area contributed by atoms with Crippen LogP contribution >= 0.6 is 0 Å². The van der Waals surface area contributed by atoms with Gasteiger partial charge in [0.25, 0.3) is 0 Å². The van der Waals surface area contributed by atoms with Crippen LogP contribution in [0.2, 0.25) is 0 Å². The third kappa shape index (κ3) is 5.80. The lowest BCUT2D eigenvalue weighted by molar-refractivity contribution is -0.118. The Hall–Kier alpha value is -2.43. The highest BCUT2D eigenvalue weighted by Crippen LogP contribution is 2.40. The highest BCUT2D eigenvalue weighted by Gasteiger charge is 2.43. The SMILES string of the molecule is COCCCCc1ccccc1[C@H]1C(=O)C=C[C@]1(O)CCCCOc1ccccc1. The van der Waals surface area contributed by atoms with Crippen molar-refractivity contribution in [3.05, 3.63) is 77.9 Å². The minimum absolute atomic E-state index is 0.0117. The van der Waals surface area contributed by atoms with Crippen molar-refractivity contribution >= 4 is 5.78 Å². The van der Waals surface area contributed by atoms with Crippen molar-refractivity contribution in [3.8, 4) is 5.75 Å². The number of ether oxygens (including phenoxy) is 2. The Morgan fingerprint density at radius 1 is 0.933 bits per heavy atom. The zero-order valence-corrected chi connectivity index (χ0v) is 17.8. The fraction of sp³-hybridized carbons (Fsp3) is 0.423. The first-order chi connectivity index (χ1) is 14.6. The minimum Gasteiger partial charge on any atom is -0.494 e. The van der Waals surface area contributed by atoms with Gasteiger partial charge in [-0.1, -0.05) is 42.5 Å². The van der Waals surface area contributed by atoms with Crippen molar-refractivity contribution in [1.29, 1.82) is 0 Å². The van der Waals surface area contributed by atoms with E-state index in [1.165, 1.54) is 0 Å². The number of hydrogen-bond acceptors (Lipinski definition) is 4. The van der Waals surface area contributed by atoms with Crippen molar-refractivity contribution in [2.75, 3.05) is 20.3 Å².